The third-order valence-electron chi connectivity index (χ3n) is 3.51. The average molecular weight is 307 g/mol. The van der Waals surface area contributed by atoms with Crippen LogP contribution in [-0.4, -0.2) is 5.11 Å². The summed E-state index contributed by atoms with van der Waals surface area (Å²) in [6.07, 6.45) is 0.938. The Hall–Kier alpha value is -1.19. The first-order valence-corrected chi connectivity index (χ1v) is 6.62. The summed E-state index contributed by atoms with van der Waals surface area (Å²) in [4.78, 5) is 0. The van der Waals surface area contributed by atoms with Crippen LogP contribution in [0.25, 0.3) is 0 Å². The van der Waals surface area contributed by atoms with Gasteiger partial charge < -0.3 is 5.11 Å². The molecule has 0 heterocycles. The molecule has 18 heavy (non-hydrogen) atoms. The molecule has 0 unspecified atom stereocenters. The van der Waals surface area contributed by atoms with Gasteiger partial charge in [0.15, 0.2) is 0 Å². The molecule has 92 valence electrons. The van der Waals surface area contributed by atoms with E-state index in [0.29, 0.717) is 18.4 Å². The molecule has 0 aliphatic heterocycles. The lowest BCUT2D eigenvalue weighted by Gasteiger charge is -2.23. The fourth-order valence-electron chi connectivity index (χ4n) is 2.64. The van der Waals surface area contributed by atoms with Crippen molar-refractivity contribution < 1.29 is 9.50 Å². The molecular weight excluding hydrogens is 295 g/mol. The summed E-state index contributed by atoms with van der Waals surface area (Å²) in [5.74, 6) is -0.353. The second kappa shape index (κ2) is 4.18. The molecule has 3 rings (SSSR count). The minimum atomic E-state index is -1.13. The molecule has 2 aromatic carbocycles. The first kappa shape index (κ1) is 11.9. The van der Waals surface area contributed by atoms with Crippen LogP contribution in [0, 0.1) is 5.82 Å². The van der Waals surface area contributed by atoms with E-state index >= 15 is 0 Å². The van der Waals surface area contributed by atoms with Crippen LogP contribution in [-0.2, 0) is 18.4 Å². The Labute approximate surface area is 113 Å². The Balaban J connectivity index is 2.06. The highest BCUT2D eigenvalue weighted by Crippen LogP contribution is 2.39. The van der Waals surface area contributed by atoms with Gasteiger partial charge in [-0.1, -0.05) is 40.2 Å². The lowest BCUT2D eigenvalue weighted by molar-refractivity contribution is 0.0444. The molecule has 2 aromatic rings. The molecule has 0 amide bonds. The van der Waals surface area contributed by atoms with E-state index in [-0.39, 0.29) is 5.82 Å². The maximum atomic E-state index is 13.9. The van der Waals surface area contributed by atoms with Gasteiger partial charge >= 0.3 is 0 Å². The van der Waals surface area contributed by atoms with E-state index in [2.05, 4.69) is 15.9 Å². The van der Waals surface area contributed by atoms with Crippen LogP contribution in [0.2, 0.25) is 0 Å². The van der Waals surface area contributed by atoms with Crippen molar-refractivity contribution in [2.75, 3.05) is 0 Å². The van der Waals surface area contributed by atoms with Crippen molar-refractivity contribution in [1.82, 2.24) is 0 Å². The number of halogens is 2. The molecule has 0 fully saturated rings. The van der Waals surface area contributed by atoms with Crippen molar-refractivity contribution in [3.05, 3.63) is 69.4 Å². The summed E-state index contributed by atoms with van der Waals surface area (Å²) in [6, 6.07) is 12.6. The number of fused-ring (bicyclic) bond motifs is 1. The molecule has 3 heteroatoms. The zero-order chi connectivity index (χ0) is 12.8. The van der Waals surface area contributed by atoms with Gasteiger partial charge in [0.25, 0.3) is 0 Å². The maximum absolute atomic E-state index is 13.9. The monoisotopic (exact) mass is 306 g/mol. The molecule has 1 nitrogen and oxygen atoms in total. The quantitative estimate of drug-likeness (QED) is 0.854. The van der Waals surface area contributed by atoms with E-state index in [1.54, 1.807) is 12.1 Å². The Morgan fingerprint density at radius 2 is 1.67 bits per heavy atom. The highest BCUT2D eigenvalue weighted by atomic mass is 79.9. The van der Waals surface area contributed by atoms with Gasteiger partial charge in [-0.15, -0.1) is 0 Å². The van der Waals surface area contributed by atoms with E-state index in [9.17, 15) is 9.50 Å². The van der Waals surface area contributed by atoms with E-state index in [0.717, 1.165) is 15.6 Å². The van der Waals surface area contributed by atoms with Crippen LogP contribution in [0.4, 0.5) is 4.39 Å². The number of rotatable bonds is 1. The van der Waals surface area contributed by atoms with Crippen LogP contribution in [0.3, 0.4) is 0 Å². The highest BCUT2D eigenvalue weighted by Gasteiger charge is 2.38. The van der Waals surface area contributed by atoms with Crippen molar-refractivity contribution in [2.24, 2.45) is 0 Å². The van der Waals surface area contributed by atoms with E-state index in [1.807, 2.05) is 24.3 Å². The fraction of sp³-hybridized carbons (Fsp3) is 0.200. The number of hydrogen-bond donors (Lipinski definition) is 1. The first-order valence-electron chi connectivity index (χ1n) is 5.83. The summed E-state index contributed by atoms with van der Waals surface area (Å²) in [7, 11) is 0. The number of aliphatic hydroxyl groups is 1. The van der Waals surface area contributed by atoms with Crippen LogP contribution in [0.5, 0.6) is 0 Å². The maximum Gasteiger partial charge on any atom is 0.129 e. The Bertz CT molecular complexity index is 584. The van der Waals surface area contributed by atoms with Crippen molar-refractivity contribution in [2.45, 2.75) is 18.4 Å². The lowest BCUT2D eigenvalue weighted by Crippen LogP contribution is -2.27. The van der Waals surface area contributed by atoms with Crippen LogP contribution in [0.1, 0.15) is 16.7 Å². The first-order chi connectivity index (χ1) is 8.58. The average Bonchev–Trinajstić information content (AvgIpc) is 2.69. The van der Waals surface area contributed by atoms with Crippen molar-refractivity contribution in [1.29, 1.82) is 0 Å². The molecule has 1 N–H and O–H groups in total. The molecule has 0 saturated heterocycles. The molecule has 0 spiro atoms. The van der Waals surface area contributed by atoms with Gasteiger partial charge in [0, 0.05) is 22.9 Å². The van der Waals surface area contributed by atoms with Crippen molar-refractivity contribution in [3.63, 3.8) is 0 Å². The molecule has 0 atom stereocenters. The van der Waals surface area contributed by atoms with E-state index < -0.39 is 5.60 Å². The normalized spacial score (nSPS) is 16.6. The fourth-order valence-corrected chi connectivity index (χ4v) is 3.00. The lowest BCUT2D eigenvalue weighted by atomic mass is 9.90. The topological polar surface area (TPSA) is 20.2 Å². The Morgan fingerprint density at radius 1 is 1.06 bits per heavy atom. The molecular formula is C15H12BrFO. The van der Waals surface area contributed by atoms with Crippen LogP contribution < -0.4 is 0 Å². The molecule has 0 aromatic heterocycles. The summed E-state index contributed by atoms with van der Waals surface area (Å²) >= 11 is 3.32. The third kappa shape index (κ3) is 1.88. The standard InChI is InChI=1S/C15H12BrFO/c16-12-5-6-14(17)13(7-12)15(18)8-10-3-1-2-4-11(10)9-15/h1-7,18H,8-9H2. The van der Waals surface area contributed by atoms with Gasteiger partial charge in [-0.25, -0.2) is 4.39 Å². The number of benzene rings is 2. The summed E-state index contributed by atoms with van der Waals surface area (Å²) in [6.45, 7) is 0. The smallest absolute Gasteiger partial charge is 0.129 e. The molecule has 0 radical (unpaired) electrons. The SMILES string of the molecule is OC1(c2cc(Br)ccc2F)Cc2ccccc2C1. The zero-order valence-corrected chi connectivity index (χ0v) is 11.2. The van der Waals surface area contributed by atoms with Gasteiger partial charge in [-0.05, 0) is 29.3 Å². The van der Waals surface area contributed by atoms with Gasteiger partial charge in [0.05, 0.1) is 0 Å². The summed E-state index contributed by atoms with van der Waals surface area (Å²) in [5, 5.41) is 10.7. The molecule has 0 bridgehead atoms. The van der Waals surface area contributed by atoms with Crippen molar-refractivity contribution >= 4 is 15.9 Å². The second-order valence-electron chi connectivity index (χ2n) is 4.78. The molecule has 0 saturated carbocycles. The second-order valence-corrected chi connectivity index (χ2v) is 5.69. The van der Waals surface area contributed by atoms with Gasteiger partial charge in [-0.2, -0.15) is 0 Å². The highest BCUT2D eigenvalue weighted by molar-refractivity contribution is 9.10. The van der Waals surface area contributed by atoms with Crippen LogP contribution >= 0.6 is 15.9 Å². The largest absolute Gasteiger partial charge is 0.384 e. The van der Waals surface area contributed by atoms with Gasteiger partial charge in [-0.3, -0.25) is 0 Å². The predicted molar refractivity (Wildman–Crippen MR) is 71.8 cm³/mol. The minimum Gasteiger partial charge on any atom is -0.384 e. The Kier molecular flexibility index (Phi) is 2.76. The molecule has 1 aliphatic carbocycles. The van der Waals surface area contributed by atoms with E-state index in [1.165, 1.54) is 6.07 Å². The predicted octanol–water partition coefficient (Wildman–Crippen LogP) is 3.57. The van der Waals surface area contributed by atoms with Crippen molar-refractivity contribution in [3.8, 4) is 0 Å². The van der Waals surface area contributed by atoms with Gasteiger partial charge in [0.2, 0.25) is 0 Å². The summed E-state index contributed by atoms with van der Waals surface area (Å²) < 4.78 is 14.7. The minimum absolute atomic E-state index is 0.353. The van der Waals surface area contributed by atoms with Gasteiger partial charge in [0.1, 0.15) is 11.4 Å². The van der Waals surface area contributed by atoms with Crippen LogP contribution in [0.15, 0.2) is 46.9 Å². The molecule has 1 aliphatic rings. The Morgan fingerprint density at radius 3 is 2.28 bits per heavy atom. The zero-order valence-electron chi connectivity index (χ0n) is 9.66. The third-order valence-corrected chi connectivity index (χ3v) is 4.01. The number of hydrogen-bond acceptors (Lipinski definition) is 1. The summed E-state index contributed by atoms with van der Waals surface area (Å²) in [5.41, 5.74) is 1.43. The van der Waals surface area contributed by atoms with E-state index in [4.69, 9.17) is 0 Å².